The Bertz CT molecular complexity index is 765. The highest BCUT2D eigenvalue weighted by Crippen LogP contribution is 2.15. The molecule has 0 bridgehead atoms. The van der Waals surface area contributed by atoms with Gasteiger partial charge in [0.05, 0.1) is 11.2 Å². The van der Waals surface area contributed by atoms with Crippen molar-refractivity contribution >= 4 is 23.6 Å². The summed E-state index contributed by atoms with van der Waals surface area (Å²) in [6.45, 7) is 0. The van der Waals surface area contributed by atoms with E-state index in [4.69, 9.17) is 4.42 Å². The predicted molar refractivity (Wildman–Crippen MR) is 81.3 cm³/mol. The number of hydrogen-bond acceptors (Lipinski definition) is 5. The van der Waals surface area contributed by atoms with Crippen LogP contribution in [0.5, 0.6) is 0 Å². The van der Waals surface area contributed by atoms with Gasteiger partial charge < -0.3 is 15.1 Å². The fraction of sp³-hybridized carbons (Fsp3) is 0.0667. The van der Waals surface area contributed by atoms with Crippen LogP contribution in [-0.2, 0) is 4.79 Å². The molecule has 1 aromatic carbocycles. The molecule has 0 aliphatic heterocycles. The Morgan fingerprint density at radius 3 is 2.65 bits per heavy atom. The molecular formula is C15H13N3O5. The highest BCUT2D eigenvalue weighted by atomic mass is 16.6. The van der Waals surface area contributed by atoms with Crippen molar-refractivity contribution in [2.75, 3.05) is 7.05 Å². The molecule has 0 saturated heterocycles. The molecule has 1 heterocycles. The number of furan rings is 1. The molecular weight excluding hydrogens is 302 g/mol. The molecule has 0 unspecified atom stereocenters. The summed E-state index contributed by atoms with van der Waals surface area (Å²) >= 11 is 0. The van der Waals surface area contributed by atoms with Crippen molar-refractivity contribution < 1.29 is 18.9 Å². The zero-order valence-corrected chi connectivity index (χ0v) is 12.1. The van der Waals surface area contributed by atoms with Gasteiger partial charge in [0.25, 0.3) is 17.5 Å². The van der Waals surface area contributed by atoms with Crippen LogP contribution in [0.4, 0.5) is 5.69 Å². The second-order valence-electron chi connectivity index (χ2n) is 4.42. The van der Waals surface area contributed by atoms with E-state index in [0.29, 0.717) is 5.56 Å². The average Bonchev–Trinajstić information content (AvgIpc) is 3.08. The zero-order valence-electron chi connectivity index (χ0n) is 12.1. The fourth-order valence-corrected chi connectivity index (χ4v) is 1.78. The number of nitro groups is 1. The van der Waals surface area contributed by atoms with Gasteiger partial charge in [-0.05, 0) is 23.8 Å². The van der Waals surface area contributed by atoms with Crippen LogP contribution in [0, 0.1) is 10.1 Å². The van der Waals surface area contributed by atoms with Crippen LogP contribution < -0.4 is 10.6 Å². The van der Waals surface area contributed by atoms with Crippen LogP contribution in [0.25, 0.3) is 6.08 Å². The highest BCUT2D eigenvalue weighted by molar-refractivity contribution is 6.04. The van der Waals surface area contributed by atoms with E-state index in [1.807, 2.05) is 0 Å². The van der Waals surface area contributed by atoms with E-state index in [2.05, 4.69) is 10.6 Å². The fourth-order valence-electron chi connectivity index (χ4n) is 1.78. The van der Waals surface area contributed by atoms with E-state index in [1.165, 1.54) is 43.7 Å². The Morgan fingerprint density at radius 1 is 1.26 bits per heavy atom. The molecule has 0 spiro atoms. The van der Waals surface area contributed by atoms with Gasteiger partial charge in [0.2, 0.25) is 0 Å². The van der Waals surface area contributed by atoms with Crippen molar-refractivity contribution in [1.29, 1.82) is 0 Å². The molecule has 0 aliphatic carbocycles. The number of nitro benzene ring substituents is 1. The number of amides is 2. The molecule has 0 aliphatic rings. The molecule has 2 N–H and O–H groups in total. The van der Waals surface area contributed by atoms with Crippen LogP contribution in [0.3, 0.4) is 0 Å². The first-order valence-corrected chi connectivity index (χ1v) is 6.54. The van der Waals surface area contributed by atoms with Gasteiger partial charge >= 0.3 is 0 Å². The molecule has 2 rings (SSSR count). The van der Waals surface area contributed by atoms with Gasteiger partial charge in [0.1, 0.15) is 5.70 Å². The van der Waals surface area contributed by atoms with Crippen LogP contribution in [0.1, 0.15) is 16.1 Å². The van der Waals surface area contributed by atoms with Crippen LogP contribution in [0.2, 0.25) is 0 Å². The molecule has 8 heteroatoms. The Hall–Kier alpha value is -3.42. The van der Waals surface area contributed by atoms with E-state index in [1.54, 1.807) is 12.1 Å². The number of rotatable bonds is 5. The normalized spacial score (nSPS) is 10.9. The number of hydrogen-bond donors (Lipinski definition) is 2. The highest BCUT2D eigenvalue weighted by Gasteiger charge is 2.15. The second-order valence-corrected chi connectivity index (χ2v) is 4.42. The summed E-state index contributed by atoms with van der Waals surface area (Å²) in [5.41, 5.74) is 0.222. The summed E-state index contributed by atoms with van der Waals surface area (Å²) in [6.07, 6.45) is 2.67. The first-order chi connectivity index (χ1) is 11.0. The van der Waals surface area contributed by atoms with Crippen molar-refractivity contribution in [3.63, 3.8) is 0 Å². The van der Waals surface area contributed by atoms with Gasteiger partial charge in [-0.2, -0.15) is 0 Å². The third-order valence-corrected chi connectivity index (χ3v) is 2.86. The maximum absolute atomic E-state index is 12.0. The minimum absolute atomic E-state index is 0.0406. The lowest BCUT2D eigenvalue weighted by atomic mass is 10.1. The Morgan fingerprint density at radius 2 is 2.04 bits per heavy atom. The van der Waals surface area contributed by atoms with Crippen LogP contribution in [-0.4, -0.2) is 23.8 Å². The predicted octanol–water partition coefficient (Wildman–Crippen LogP) is 1.70. The van der Waals surface area contributed by atoms with E-state index in [-0.39, 0.29) is 17.1 Å². The first kappa shape index (κ1) is 16.0. The number of likely N-dealkylation sites (N-methyl/N-ethyl adjacent to an activating group) is 1. The third-order valence-electron chi connectivity index (χ3n) is 2.86. The molecule has 0 saturated carbocycles. The summed E-state index contributed by atoms with van der Waals surface area (Å²) in [5, 5.41) is 15.6. The summed E-state index contributed by atoms with van der Waals surface area (Å²) in [6, 6.07) is 8.68. The molecule has 8 nitrogen and oxygen atoms in total. The van der Waals surface area contributed by atoms with Gasteiger partial charge in [-0.25, -0.2) is 0 Å². The number of benzene rings is 1. The SMILES string of the molecule is CNC(=O)/C(=C/c1cccc([N+](=O)[O-])c1)NC(=O)c1ccco1. The summed E-state index contributed by atoms with van der Waals surface area (Å²) in [5.74, 6) is -1.11. The van der Waals surface area contributed by atoms with Crippen LogP contribution >= 0.6 is 0 Å². The topological polar surface area (TPSA) is 114 Å². The summed E-state index contributed by atoms with van der Waals surface area (Å²) in [4.78, 5) is 34.1. The number of carbonyl (C=O) groups is 2. The maximum atomic E-state index is 12.0. The van der Waals surface area contributed by atoms with Crippen molar-refractivity contribution in [3.05, 3.63) is 69.8 Å². The third kappa shape index (κ3) is 4.03. The van der Waals surface area contributed by atoms with E-state index < -0.39 is 16.7 Å². The van der Waals surface area contributed by atoms with Crippen molar-refractivity contribution in [2.45, 2.75) is 0 Å². The molecule has 0 radical (unpaired) electrons. The maximum Gasteiger partial charge on any atom is 0.291 e. The smallest absolute Gasteiger partial charge is 0.291 e. The molecule has 23 heavy (non-hydrogen) atoms. The second kappa shape index (κ2) is 7.03. The van der Waals surface area contributed by atoms with Crippen molar-refractivity contribution in [2.24, 2.45) is 0 Å². The van der Waals surface area contributed by atoms with Gasteiger partial charge in [-0.1, -0.05) is 12.1 Å². The number of non-ortho nitro benzene ring substituents is 1. The zero-order chi connectivity index (χ0) is 16.8. The number of nitrogens with zero attached hydrogens (tertiary/aromatic N) is 1. The van der Waals surface area contributed by atoms with E-state index >= 15 is 0 Å². The van der Waals surface area contributed by atoms with E-state index in [0.717, 1.165) is 0 Å². The minimum Gasteiger partial charge on any atom is -0.459 e. The number of nitrogens with one attached hydrogen (secondary N) is 2. The lowest BCUT2D eigenvalue weighted by molar-refractivity contribution is -0.384. The summed E-state index contributed by atoms with van der Waals surface area (Å²) < 4.78 is 4.95. The number of carbonyl (C=O) groups excluding carboxylic acids is 2. The first-order valence-electron chi connectivity index (χ1n) is 6.54. The van der Waals surface area contributed by atoms with Gasteiger partial charge in [0.15, 0.2) is 5.76 Å². The van der Waals surface area contributed by atoms with Gasteiger partial charge in [-0.15, -0.1) is 0 Å². The van der Waals surface area contributed by atoms with Gasteiger partial charge in [0, 0.05) is 19.2 Å². The quantitative estimate of drug-likeness (QED) is 0.495. The largest absolute Gasteiger partial charge is 0.459 e. The molecule has 0 fully saturated rings. The lowest BCUT2D eigenvalue weighted by Gasteiger charge is -2.07. The Labute approximate surface area is 130 Å². The lowest BCUT2D eigenvalue weighted by Crippen LogP contribution is -2.32. The Balaban J connectivity index is 2.31. The average molecular weight is 315 g/mol. The summed E-state index contributed by atoms with van der Waals surface area (Å²) in [7, 11) is 1.41. The molecule has 2 aromatic rings. The van der Waals surface area contributed by atoms with Gasteiger partial charge in [-0.3, -0.25) is 19.7 Å². The molecule has 118 valence electrons. The molecule has 0 atom stereocenters. The van der Waals surface area contributed by atoms with Crippen molar-refractivity contribution in [1.82, 2.24) is 10.6 Å². The van der Waals surface area contributed by atoms with Crippen LogP contribution in [0.15, 0.2) is 52.8 Å². The molecule has 2 amide bonds. The Kier molecular flexibility index (Phi) is 4.88. The minimum atomic E-state index is -0.602. The van der Waals surface area contributed by atoms with Crippen molar-refractivity contribution in [3.8, 4) is 0 Å². The molecule has 1 aromatic heterocycles. The standard InChI is InChI=1S/C15H13N3O5/c1-16-14(19)12(17-15(20)13-6-3-7-23-13)9-10-4-2-5-11(8-10)18(21)22/h2-9H,1H3,(H,16,19)(H,17,20)/b12-9-. The van der Waals surface area contributed by atoms with E-state index in [9.17, 15) is 19.7 Å². The monoisotopic (exact) mass is 315 g/mol.